The van der Waals surface area contributed by atoms with E-state index in [0.29, 0.717) is 11.6 Å². The van der Waals surface area contributed by atoms with Crippen LogP contribution in [0.2, 0.25) is 5.02 Å². The number of aromatic nitrogens is 3. The minimum atomic E-state index is -0.475. The normalized spacial score (nSPS) is 10.2. The van der Waals surface area contributed by atoms with Crippen molar-refractivity contribution in [2.75, 3.05) is 18.2 Å². The Balaban J connectivity index is 2.27. The van der Waals surface area contributed by atoms with Gasteiger partial charge in [0.15, 0.2) is 0 Å². The first-order valence-electron chi connectivity index (χ1n) is 5.61. The molecule has 0 radical (unpaired) electrons. The Hall–Kier alpha value is -2.41. The average molecular weight is 294 g/mol. The summed E-state index contributed by atoms with van der Waals surface area (Å²) in [5.41, 5.74) is 6.38. The zero-order chi connectivity index (χ0) is 14.7. The zero-order valence-corrected chi connectivity index (χ0v) is 11.6. The summed E-state index contributed by atoms with van der Waals surface area (Å²) in [4.78, 5) is 24.0. The molecule has 1 amide bonds. The number of rotatable bonds is 3. The van der Waals surface area contributed by atoms with Crippen LogP contribution in [0.1, 0.15) is 16.1 Å². The molecule has 2 aromatic rings. The minimum Gasteiger partial charge on any atom is -0.481 e. The number of hydrogen-bond acceptors (Lipinski definition) is 6. The highest BCUT2D eigenvalue weighted by Gasteiger charge is 2.13. The standard InChI is InChI=1S/C12H12ClN5O2/c1-6-3-10(20-2)17-12(16-6)18-11(19)7-4-9(14)15-5-8(7)13/h3-5H,1-2H3,(H2,14,15)(H,16,17,18,19). The number of nitrogens with zero attached hydrogens (tertiary/aromatic N) is 3. The molecular formula is C12H12ClN5O2. The quantitative estimate of drug-likeness (QED) is 0.892. The number of anilines is 2. The van der Waals surface area contributed by atoms with Gasteiger partial charge in [-0.15, -0.1) is 0 Å². The number of hydrogen-bond donors (Lipinski definition) is 2. The molecule has 7 nitrogen and oxygen atoms in total. The Kier molecular flexibility index (Phi) is 3.99. The molecule has 0 aliphatic heterocycles. The third kappa shape index (κ3) is 3.12. The molecule has 0 atom stereocenters. The maximum absolute atomic E-state index is 12.1. The molecule has 0 spiro atoms. The molecule has 0 fully saturated rings. The monoisotopic (exact) mass is 293 g/mol. The number of nitrogens with one attached hydrogen (secondary N) is 1. The van der Waals surface area contributed by atoms with Crippen LogP contribution in [0.4, 0.5) is 11.8 Å². The lowest BCUT2D eigenvalue weighted by Gasteiger charge is -2.07. The maximum Gasteiger partial charge on any atom is 0.259 e. The smallest absolute Gasteiger partial charge is 0.259 e. The van der Waals surface area contributed by atoms with E-state index in [9.17, 15) is 4.79 Å². The summed E-state index contributed by atoms with van der Waals surface area (Å²) in [5, 5.41) is 2.72. The van der Waals surface area contributed by atoms with Gasteiger partial charge < -0.3 is 10.5 Å². The number of pyridine rings is 1. The highest BCUT2D eigenvalue weighted by Crippen LogP contribution is 2.18. The molecular weight excluding hydrogens is 282 g/mol. The van der Waals surface area contributed by atoms with Crippen molar-refractivity contribution in [2.24, 2.45) is 0 Å². The third-order valence-electron chi connectivity index (χ3n) is 2.39. The van der Waals surface area contributed by atoms with Crippen LogP contribution in [0, 0.1) is 6.92 Å². The van der Waals surface area contributed by atoms with Crippen molar-refractivity contribution in [3.63, 3.8) is 0 Å². The van der Waals surface area contributed by atoms with Crippen molar-refractivity contribution in [1.82, 2.24) is 15.0 Å². The van der Waals surface area contributed by atoms with Gasteiger partial charge in [0.05, 0.1) is 17.7 Å². The number of amides is 1. The molecule has 104 valence electrons. The van der Waals surface area contributed by atoms with E-state index in [1.54, 1.807) is 13.0 Å². The van der Waals surface area contributed by atoms with Crippen LogP contribution < -0.4 is 15.8 Å². The van der Waals surface area contributed by atoms with E-state index >= 15 is 0 Å². The number of carbonyl (C=O) groups excluding carboxylic acids is 1. The Labute approximate surface area is 120 Å². The Morgan fingerprint density at radius 3 is 2.85 bits per heavy atom. The Morgan fingerprint density at radius 2 is 2.15 bits per heavy atom. The number of ether oxygens (including phenoxy) is 1. The summed E-state index contributed by atoms with van der Waals surface area (Å²) in [7, 11) is 1.48. The van der Waals surface area contributed by atoms with Crippen LogP contribution in [0.25, 0.3) is 0 Å². The lowest BCUT2D eigenvalue weighted by Crippen LogP contribution is -2.16. The molecule has 0 aromatic carbocycles. The van der Waals surface area contributed by atoms with E-state index < -0.39 is 5.91 Å². The molecule has 0 saturated heterocycles. The SMILES string of the molecule is COc1cc(C)nc(NC(=O)c2cc(N)ncc2Cl)n1. The van der Waals surface area contributed by atoms with Crippen molar-refractivity contribution in [1.29, 1.82) is 0 Å². The van der Waals surface area contributed by atoms with Crippen molar-refractivity contribution in [3.8, 4) is 5.88 Å². The van der Waals surface area contributed by atoms with Gasteiger partial charge in [-0.1, -0.05) is 11.6 Å². The van der Waals surface area contributed by atoms with Crippen LogP contribution in [-0.4, -0.2) is 28.0 Å². The average Bonchev–Trinajstić information content (AvgIpc) is 2.40. The molecule has 0 aliphatic rings. The van der Waals surface area contributed by atoms with Crippen LogP contribution in [0.3, 0.4) is 0 Å². The Morgan fingerprint density at radius 1 is 1.40 bits per heavy atom. The summed E-state index contributed by atoms with van der Waals surface area (Å²) in [5.74, 6) is 0.200. The fourth-order valence-electron chi connectivity index (χ4n) is 1.50. The van der Waals surface area contributed by atoms with Crippen molar-refractivity contribution >= 4 is 29.3 Å². The molecule has 3 N–H and O–H groups in total. The van der Waals surface area contributed by atoms with E-state index in [4.69, 9.17) is 22.1 Å². The lowest BCUT2D eigenvalue weighted by atomic mass is 10.2. The first-order valence-corrected chi connectivity index (χ1v) is 5.99. The van der Waals surface area contributed by atoms with Crippen LogP contribution in [0.5, 0.6) is 5.88 Å². The molecule has 0 bridgehead atoms. The van der Waals surface area contributed by atoms with E-state index in [0.717, 1.165) is 0 Å². The second-order valence-electron chi connectivity index (χ2n) is 3.92. The fraction of sp³-hybridized carbons (Fsp3) is 0.167. The van der Waals surface area contributed by atoms with Gasteiger partial charge in [0, 0.05) is 18.0 Å². The topological polar surface area (TPSA) is 103 Å². The minimum absolute atomic E-state index is 0.123. The number of methoxy groups -OCH3 is 1. The predicted molar refractivity (Wildman–Crippen MR) is 74.9 cm³/mol. The molecule has 2 heterocycles. The highest BCUT2D eigenvalue weighted by molar-refractivity contribution is 6.34. The van der Waals surface area contributed by atoms with Crippen molar-refractivity contribution in [2.45, 2.75) is 6.92 Å². The van der Waals surface area contributed by atoms with E-state index in [2.05, 4.69) is 20.3 Å². The summed E-state index contributed by atoms with van der Waals surface area (Å²) < 4.78 is 5.01. The van der Waals surface area contributed by atoms with Gasteiger partial charge >= 0.3 is 0 Å². The number of halogens is 1. The number of nitrogen functional groups attached to an aromatic ring is 1. The van der Waals surface area contributed by atoms with Crippen LogP contribution >= 0.6 is 11.6 Å². The van der Waals surface area contributed by atoms with Crippen molar-refractivity contribution < 1.29 is 9.53 Å². The largest absolute Gasteiger partial charge is 0.481 e. The highest BCUT2D eigenvalue weighted by atomic mass is 35.5. The van der Waals surface area contributed by atoms with Gasteiger partial charge in [-0.2, -0.15) is 4.98 Å². The molecule has 20 heavy (non-hydrogen) atoms. The third-order valence-corrected chi connectivity index (χ3v) is 2.69. The molecule has 8 heteroatoms. The van der Waals surface area contributed by atoms with Gasteiger partial charge in [-0.05, 0) is 13.0 Å². The van der Waals surface area contributed by atoms with E-state index in [1.807, 2.05) is 0 Å². The van der Waals surface area contributed by atoms with Crippen LogP contribution in [0.15, 0.2) is 18.3 Å². The fourth-order valence-corrected chi connectivity index (χ4v) is 1.69. The number of carbonyl (C=O) groups is 1. The van der Waals surface area contributed by atoms with Gasteiger partial charge in [0.2, 0.25) is 11.8 Å². The summed E-state index contributed by atoms with van der Waals surface area (Å²) in [6.45, 7) is 1.76. The summed E-state index contributed by atoms with van der Waals surface area (Å²) in [6.07, 6.45) is 1.31. The van der Waals surface area contributed by atoms with Gasteiger partial charge in [-0.25, -0.2) is 9.97 Å². The molecule has 2 rings (SSSR count). The Bertz CT molecular complexity index is 662. The number of aryl methyl sites for hydroxylation is 1. The summed E-state index contributed by atoms with van der Waals surface area (Å²) in [6, 6.07) is 3.03. The second-order valence-corrected chi connectivity index (χ2v) is 4.33. The predicted octanol–water partition coefficient (Wildman–Crippen LogP) is 1.68. The van der Waals surface area contributed by atoms with E-state index in [-0.39, 0.29) is 22.4 Å². The van der Waals surface area contributed by atoms with Gasteiger partial charge in [0.1, 0.15) is 5.82 Å². The van der Waals surface area contributed by atoms with E-state index in [1.165, 1.54) is 19.4 Å². The van der Waals surface area contributed by atoms with Gasteiger partial charge in [0.25, 0.3) is 5.91 Å². The maximum atomic E-state index is 12.1. The molecule has 0 saturated carbocycles. The first-order chi connectivity index (χ1) is 9.49. The van der Waals surface area contributed by atoms with Crippen LogP contribution in [-0.2, 0) is 0 Å². The lowest BCUT2D eigenvalue weighted by molar-refractivity contribution is 0.102. The summed E-state index contributed by atoms with van der Waals surface area (Å²) >= 11 is 5.90. The number of nitrogens with two attached hydrogens (primary N) is 1. The molecule has 0 unspecified atom stereocenters. The first kappa shape index (κ1) is 14.0. The molecule has 0 aliphatic carbocycles. The van der Waals surface area contributed by atoms with Gasteiger partial charge in [-0.3, -0.25) is 10.1 Å². The van der Waals surface area contributed by atoms with Crippen molar-refractivity contribution in [3.05, 3.63) is 34.6 Å². The molecule has 2 aromatic heterocycles. The zero-order valence-electron chi connectivity index (χ0n) is 10.8. The second kappa shape index (κ2) is 5.70.